The third kappa shape index (κ3) is 5.99. The Labute approximate surface area is 211 Å². The average molecular weight is 521 g/mol. The Morgan fingerprint density at radius 2 is 1.65 bits per heavy atom. The van der Waals surface area contributed by atoms with Gasteiger partial charge in [-0.1, -0.05) is 29.4 Å². The molecule has 0 spiro atoms. The molecule has 0 aliphatic carbocycles. The van der Waals surface area contributed by atoms with Crippen LogP contribution in [0.5, 0.6) is 0 Å². The van der Waals surface area contributed by atoms with Crippen molar-refractivity contribution in [2.24, 2.45) is 5.16 Å². The van der Waals surface area contributed by atoms with Crippen molar-refractivity contribution < 1.29 is 37.0 Å². The van der Waals surface area contributed by atoms with Crippen molar-refractivity contribution in [1.29, 1.82) is 0 Å². The van der Waals surface area contributed by atoms with Crippen LogP contribution >= 0.6 is 0 Å². The second kappa shape index (κ2) is 11.4. The van der Waals surface area contributed by atoms with Gasteiger partial charge in [-0.05, 0) is 24.6 Å². The fourth-order valence-corrected chi connectivity index (χ4v) is 4.09. The molecule has 5 atom stereocenters. The van der Waals surface area contributed by atoms with Crippen LogP contribution in [0.4, 0.5) is 13.2 Å². The van der Waals surface area contributed by atoms with Crippen LogP contribution < -0.4 is 0 Å². The monoisotopic (exact) mass is 520 g/mol. The van der Waals surface area contributed by atoms with Gasteiger partial charge in [0.2, 0.25) is 0 Å². The maximum Gasteiger partial charge on any atom is 0.417 e. The largest absolute Gasteiger partial charge is 0.417 e. The van der Waals surface area contributed by atoms with Crippen LogP contribution in [0.2, 0.25) is 0 Å². The molecule has 1 fully saturated rings. The van der Waals surface area contributed by atoms with E-state index in [1.54, 1.807) is 31.2 Å². The minimum absolute atomic E-state index is 0.293. The quantitative estimate of drug-likeness (QED) is 0.327. The fourth-order valence-electron chi connectivity index (χ4n) is 4.09. The smallest absolute Gasteiger partial charge is 0.376 e. The van der Waals surface area contributed by atoms with Gasteiger partial charge in [-0.2, -0.15) is 13.2 Å². The Hall–Kier alpha value is -3.32. The van der Waals surface area contributed by atoms with Crippen LogP contribution in [0.1, 0.15) is 18.1 Å². The van der Waals surface area contributed by atoms with E-state index in [1.807, 2.05) is 31.2 Å². The van der Waals surface area contributed by atoms with Gasteiger partial charge in [-0.25, -0.2) is 9.97 Å². The van der Waals surface area contributed by atoms with E-state index in [9.17, 15) is 13.2 Å². The van der Waals surface area contributed by atoms with Crippen molar-refractivity contribution in [1.82, 2.24) is 14.5 Å². The lowest BCUT2D eigenvalue weighted by Crippen LogP contribution is -2.59. The number of halogens is 3. The normalized spacial score (nSPS) is 24.5. The summed E-state index contributed by atoms with van der Waals surface area (Å²) < 4.78 is 62.2. The molecule has 0 radical (unpaired) electrons. The molecule has 12 heteroatoms. The van der Waals surface area contributed by atoms with E-state index in [-0.39, 0.29) is 12.2 Å². The van der Waals surface area contributed by atoms with Gasteiger partial charge in [0, 0.05) is 39.3 Å². The molecule has 3 aromatic rings. The summed E-state index contributed by atoms with van der Waals surface area (Å²) in [7, 11) is 4.70. The minimum atomic E-state index is -4.44. The minimum Gasteiger partial charge on any atom is -0.376 e. The molecule has 0 bridgehead atoms. The Kier molecular flexibility index (Phi) is 8.22. The number of ether oxygens (including phenoxy) is 4. The summed E-state index contributed by atoms with van der Waals surface area (Å²) in [5.41, 5.74) is 1.40. The number of rotatable bonds is 8. The lowest BCUT2D eigenvalue weighted by Gasteiger charge is -2.42. The number of nitrogens with zero attached hydrogens (tertiary/aromatic N) is 4. The van der Waals surface area contributed by atoms with Gasteiger partial charge < -0.3 is 23.8 Å². The maximum atomic E-state index is 12.8. The predicted molar refractivity (Wildman–Crippen MR) is 127 cm³/mol. The van der Waals surface area contributed by atoms with E-state index in [0.717, 1.165) is 23.4 Å². The summed E-state index contributed by atoms with van der Waals surface area (Å²) >= 11 is 0. The number of alkyl halides is 3. The maximum absolute atomic E-state index is 12.8. The molecule has 1 aliphatic rings. The first-order valence-corrected chi connectivity index (χ1v) is 11.4. The number of imidazole rings is 1. The number of pyridine rings is 1. The number of hydrogen-bond acceptors (Lipinski definition) is 8. The molecule has 1 aliphatic heterocycles. The van der Waals surface area contributed by atoms with E-state index < -0.39 is 30.2 Å². The highest BCUT2D eigenvalue weighted by Crippen LogP contribution is 2.29. The SMILES string of the molecule is CO[C@@H]1[C@@H](OC)[C@H](C)O[C@@H](O/N=C/c2ccc(-c3cn(-c4ccc(C(F)(F)F)cn4)cn3)cc2)[C@@H]1OC. The van der Waals surface area contributed by atoms with E-state index >= 15 is 0 Å². The summed E-state index contributed by atoms with van der Waals surface area (Å²) in [6.07, 6.45) is -1.24. The highest BCUT2D eigenvalue weighted by atomic mass is 19.4. The van der Waals surface area contributed by atoms with E-state index in [4.69, 9.17) is 23.8 Å². The number of benzene rings is 1. The molecule has 1 aromatic carbocycles. The van der Waals surface area contributed by atoms with Crippen molar-refractivity contribution in [3.05, 3.63) is 66.2 Å². The van der Waals surface area contributed by atoms with E-state index in [0.29, 0.717) is 11.5 Å². The van der Waals surface area contributed by atoms with Gasteiger partial charge in [0.25, 0.3) is 6.29 Å². The summed E-state index contributed by atoms with van der Waals surface area (Å²) in [5.74, 6) is 0.328. The molecule has 0 amide bonds. The van der Waals surface area contributed by atoms with Gasteiger partial charge in [-0.15, -0.1) is 0 Å². The zero-order valence-electron chi connectivity index (χ0n) is 20.6. The van der Waals surface area contributed by atoms with Gasteiger partial charge in [0.15, 0.2) is 6.10 Å². The lowest BCUT2D eigenvalue weighted by atomic mass is 9.99. The molecule has 198 valence electrons. The third-order valence-electron chi connectivity index (χ3n) is 6.04. The molecule has 4 rings (SSSR count). The summed E-state index contributed by atoms with van der Waals surface area (Å²) in [6, 6.07) is 9.62. The van der Waals surface area contributed by atoms with E-state index in [1.165, 1.54) is 19.5 Å². The molecule has 37 heavy (non-hydrogen) atoms. The molecule has 9 nitrogen and oxygen atoms in total. The predicted octanol–water partition coefficient (Wildman–Crippen LogP) is 4.09. The Morgan fingerprint density at radius 1 is 0.946 bits per heavy atom. The number of methoxy groups -OCH3 is 3. The van der Waals surface area contributed by atoms with Crippen molar-refractivity contribution in [3.63, 3.8) is 0 Å². The Bertz CT molecular complexity index is 1180. The van der Waals surface area contributed by atoms with Gasteiger partial charge >= 0.3 is 6.18 Å². The third-order valence-corrected chi connectivity index (χ3v) is 6.04. The second-order valence-electron chi connectivity index (χ2n) is 8.34. The zero-order valence-corrected chi connectivity index (χ0v) is 20.6. The summed E-state index contributed by atoms with van der Waals surface area (Å²) in [5, 5.41) is 4.05. The molecule has 0 N–H and O–H groups in total. The first-order chi connectivity index (χ1) is 17.7. The van der Waals surface area contributed by atoms with E-state index in [2.05, 4.69) is 15.1 Å². The van der Waals surface area contributed by atoms with Crippen LogP contribution in [0.3, 0.4) is 0 Å². The molecular formula is C25H27F3N4O5. The topological polar surface area (TPSA) is 89.2 Å². The molecule has 3 heterocycles. The van der Waals surface area contributed by atoms with Crippen molar-refractivity contribution in [3.8, 4) is 17.1 Å². The first kappa shape index (κ1) is 26.7. The zero-order chi connectivity index (χ0) is 26.6. The highest BCUT2D eigenvalue weighted by molar-refractivity contribution is 5.80. The lowest BCUT2D eigenvalue weighted by molar-refractivity contribution is -0.305. The van der Waals surface area contributed by atoms with Gasteiger partial charge in [0.05, 0.1) is 23.6 Å². The summed E-state index contributed by atoms with van der Waals surface area (Å²) in [4.78, 5) is 13.8. The Morgan fingerprint density at radius 3 is 2.24 bits per heavy atom. The number of oxime groups is 1. The number of hydrogen-bond donors (Lipinski definition) is 0. The van der Waals surface area contributed by atoms with Crippen LogP contribution in [0.25, 0.3) is 17.1 Å². The van der Waals surface area contributed by atoms with Crippen LogP contribution in [-0.4, -0.2) is 72.8 Å². The van der Waals surface area contributed by atoms with Gasteiger partial charge in [0.1, 0.15) is 24.4 Å². The van der Waals surface area contributed by atoms with Crippen LogP contribution in [0, 0.1) is 0 Å². The molecule has 0 unspecified atom stereocenters. The van der Waals surface area contributed by atoms with Crippen LogP contribution in [-0.2, 0) is 30.0 Å². The standard InChI is InChI=1S/C25H27F3N4O5/c1-15-21(33-2)22(34-3)23(35-4)24(36-15)37-31-11-16-5-7-17(8-6-16)19-13-32(14-30-19)20-10-9-18(12-29-20)25(26,27)28/h5-15,21-24H,1-4H3/b31-11+/t15-,21-,22+,23+,24-/m0/s1. The van der Waals surface area contributed by atoms with Crippen molar-refractivity contribution in [2.45, 2.75) is 43.8 Å². The molecule has 0 saturated carbocycles. The average Bonchev–Trinajstić information content (AvgIpc) is 3.38. The molecular weight excluding hydrogens is 493 g/mol. The highest BCUT2D eigenvalue weighted by Gasteiger charge is 2.46. The fraction of sp³-hybridized carbons (Fsp3) is 0.400. The Balaban J connectivity index is 1.40. The molecule has 1 saturated heterocycles. The molecule has 2 aromatic heterocycles. The number of aromatic nitrogens is 3. The van der Waals surface area contributed by atoms with Crippen molar-refractivity contribution >= 4 is 6.21 Å². The van der Waals surface area contributed by atoms with Crippen molar-refractivity contribution in [2.75, 3.05) is 21.3 Å². The first-order valence-electron chi connectivity index (χ1n) is 11.4. The van der Waals surface area contributed by atoms with Crippen LogP contribution in [0.15, 0.2) is 60.3 Å². The van der Waals surface area contributed by atoms with Gasteiger partial charge in [-0.3, -0.25) is 4.57 Å². The second-order valence-corrected chi connectivity index (χ2v) is 8.34. The summed E-state index contributed by atoms with van der Waals surface area (Å²) in [6.45, 7) is 1.86.